The number of nitrogens with one attached hydrogen (secondary N) is 2. The molecule has 0 radical (unpaired) electrons. The van der Waals surface area contributed by atoms with E-state index in [0.29, 0.717) is 18.5 Å². The third-order valence-electron chi connectivity index (χ3n) is 4.52. The highest BCUT2D eigenvalue weighted by Crippen LogP contribution is 2.17. The molecule has 4 nitrogen and oxygen atoms in total. The minimum Gasteiger partial charge on any atom is -0.357 e. The lowest BCUT2D eigenvalue weighted by atomic mass is 9.97. The zero-order valence-corrected chi connectivity index (χ0v) is 17.9. The highest BCUT2D eigenvalue weighted by molar-refractivity contribution is 14.0. The van der Waals surface area contributed by atoms with Crippen LogP contribution in [0.4, 0.5) is 4.39 Å². The highest BCUT2D eigenvalue weighted by atomic mass is 127. The fourth-order valence-corrected chi connectivity index (χ4v) is 3.08. The molecule has 2 N–H and O–H groups in total. The van der Waals surface area contributed by atoms with Crippen molar-refractivity contribution >= 4 is 29.9 Å². The van der Waals surface area contributed by atoms with Gasteiger partial charge in [0.15, 0.2) is 5.96 Å². The molecule has 1 aromatic rings. The van der Waals surface area contributed by atoms with Crippen molar-refractivity contribution < 1.29 is 4.39 Å². The topological polar surface area (TPSA) is 39.7 Å². The number of nitrogens with zero attached hydrogens (tertiary/aromatic N) is 2. The summed E-state index contributed by atoms with van der Waals surface area (Å²) in [5.74, 6) is 1.29. The summed E-state index contributed by atoms with van der Waals surface area (Å²) in [5, 5.41) is 6.76. The summed E-state index contributed by atoms with van der Waals surface area (Å²) in [6.45, 7) is 11.3. The number of piperidine rings is 1. The normalized spacial score (nSPS) is 18.8. The van der Waals surface area contributed by atoms with Crippen LogP contribution in [-0.4, -0.2) is 43.1 Å². The predicted molar refractivity (Wildman–Crippen MR) is 114 cm³/mol. The Morgan fingerprint density at radius 1 is 1.28 bits per heavy atom. The molecular formula is C19H32FIN4. The van der Waals surface area contributed by atoms with Crippen LogP contribution < -0.4 is 10.6 Å². The molecule has 1 aliphatic rings. The third-order valence-corrected chi connectivity index (χ3v) is 4.52. The van der Waals surface area contributed by atoms with E-state index in [-0.39, 0.29) is 29.8 Å². The fourth-order valence-electron chi connectivity index (χ4n) is 3.08. The van der Waals surface area contributed by atoms with Crippen LogP contribution in [0.1, 0.15) is 39.2 Å². The van der Waals surface area contributed by atoms with Gasteiger partial charge in [-0.15, -0.1) is 24.0 Å². The van der Waals surface area contributed by atoms with Crippen LogP contribution in [0.3, 0.4) is 0 Å². The van der Waals surface area contributed by atoms with E-state index in [1.165, 1.54) is 31.5 Å². The summed E-state index contributed by atoms with van der Waals surface area (Å²) in [4.78, 5) is 7.16. The average molecular weight is 462 g/mol. The van der Waals surface area contributed by atoms with Crippen LogP contribution in [0.25, 0.3) is 0 Å². The first-order chi connectivity index (χ1) is 11.6. The molecule has 25 heavy (non-hydrogen) atoms. The first kappa shape index (κ1) is 22.2. The van der Waals surface area contributed by atoms with Gasteiger partial charge in [-0.05, 0) is 63.8 Å². The predicted octanol–water partition coefficient (Wildman–Crippen LogP) is 3.62. The zero-order valence-electron chi connectivity index (χ0n) is 15.6. The quantitative estimate of drug-likeness (QED) is 0.386. The van der Waals surface area contributed by atoms with Gasteiger partial charge in [0.1, 0.15) is 5.82 Å². The van der Waals surface area contributed by atoms with E-state index in [4.69, 9.17) is 0 Å². The van der Waals surface area contributed by atoms with Crippen LogP contribution in [0.5, 0.6) is 0 Å². The number of guanidine groups is 1. The molecule has 1 heterocycles. The number of halogens is 2. The van der Waals surface area contributed by atoms with E-state index in [1.54, 1.807) is 12.1 Å². The number of rotatable bonds is 6. The standard InChI is InChI=1S/C19H31FN4.HI/c1-4-21-19(22-12-16-7-9-18(20)10-8-16)23-13-17-6-5-11-24(14-17)15(2)3;/h7-10,15,17H,4-6,11-14H2,1-3H3,(H2,21,22,23);1H. The Balaban J connectivity index is 0.00000312. The van der Waals surface area contributed by atoms with Gasteiger partial charge in [-0.25, -0.2) is 9.38 Å². The maximum Gasteiger partial charge on any atom is 0.191 e. The van der Waals surface area contributed by atoms with Crippen molar-refractivity contribution in [1.82, 2.24) is 15.5 Å². The molecule has 1 saturated heterocycles. The molecule has 1 unspecified atom stereocenters. The minimum atomic E-state index is -0.209. The summed E-state index contributed by atoms with van der Waals surface area (Å²) in [5.41, 5.74) is 1.01. The lowest BCUT2D eigenvalue weighted by molar-refractivity contribution is 0.141. The van der Waals surface area contributed by atoms with Gasteiger partial charge in [0.2, 0.25) is 0 Å². The number of hydrogen-bond acceptors (Lipinski definition) is 2. The van der Waals surface area contributed by atoms with Gasteiger partial charge in [-0.1, -0.05) is 12.1 Å². The Bertz CT molecular complexity index is 519. The second kappa shape index (κ2) is 11.7. The Kier molecular flexibility index (Phi) is 10.3. The minimum absolute atomic E-state index is 0. The molecule has 0 amide bonds. The van der Waals surface area contributed by atoms with Gasteiger partial charge in [0.25, 0.3) is 0 Å². The van der Waals surface area contributed by atoms with Crippen molar-refractivity contribution in [2.75, 3.05) is 26.2 Å². The number of aliphatic imine (C=N–C) groups is 1. The molecule has 0 aromatic heterocycles. The van der Waals surface area contributed by atoms with Gasteiger partial charge in [0.05, 0.1) is 6.54 Å². The molecule has 6 heteroatoms. The van der Waals surface area contributed by atoms with Gasteiger partial charge >= 0.3 is 0 Å². The molecular weight excluding hydrogens is 430 g/mol. The van der Waals surface area contributed by atoms with Crippen molar-refractivity contribution in [2.24, 2.45) is 10.9 Å². The van der Waals surface area contributed by atoms with Crippen molar-refractivity contribution in [2.45, 2.75) is 46.2 Å². The third kappa shape index (κ3) is 7.90. The number of likely N-dealkylation sites (tertiary alicyclic amines) is 1. The first-order valence-corrected chi connectivity index (χ1v) is 9.09. The molecule has 1 fully saturated rings. The Hall–Kier alpha value is -0.890. The van der Waals surface area contributed by atoms with Crippen LogP contribution in [0, 0.1) is 11.7 Å². The molecule has 0 bridgehead atoms. The fraction of sp³-hybridized carbons (Fsp3) is 0.632. The van der Waals surface area contributed by atoms with E-state index in [1.807, 2.05) is 0 Å². The molecule has 2 rings (SSSR count). The van der Waals surface area contributed by atoms with E-state index in [9.17, 15) is 4.39 Å². The molecule has 142 valence electrons. The Morgan fingerprint density at radius 2 is 2.00 bits per heavy atom. The first-order valence-electron chi connectivity index (χ1n) is 9.09. The van der Waals surface area contributed by atoms with Crippen molar-refractivity contribution in [3.8, 4) is 0 Å². The number of hydrogen-bond donors (Lipinski definition) is 2. The van der Waals surface area contributed by atoms with E-state index < -0.39 is 0 Å². The molecule has 0 spiro atoms. The summed E-state index contributed by atoms with van der Waals surface area (Å²) in [6, 6.07) is 7.14. The molecule has 0 aliphatic carbocycles. The smallest absolute Gasteiger partial charge is 0.191 e. The van der Waals surface area contributed by atoms with Crippen LogP contribution in [0.2, 0.25) is 0 Å². The van der Waals surface area contributed by atoms with Crippen molar-refractivity contribution in [1.29, 1.82) is 0 Å². The molecule has 1 atom stereocenters. The van der Waals surface area contributed by atoms with Crippen LogP contribution in [-0.2, 0) is 6.54 Å². The molecule has 0 saturated carbocycles. The largest absolute Gasteiger partial charge is 0.357 e. The zero-order chi connectivity index (χ0) is 17.4. The van der Waals surface area contributed by atoms with E-state index >= 15 is 0 Å². The lowest BCUT2D eigenvalue weighted by Gasteiger charge is -2.35. The lowest BCUT2D eigenvalue weighted by Crippen LogP contribution is -2.46. The van der Waals surface area contributed by atoms with Gasteiger partial charge in [-0.2, -0.15) is 0 Å². The summed E-state index contributed by atoms with van der Waals surface area (Å²) in [6.07, 6.45) is 2.54. The monoisotopic (exact) mass is 462 g/mol. The second-order valence-corrected chi connectivity index (χ2v) is 6.80. The summed E-state index contributed by atoms with van der Waals surface area (Å²) in [7, 11) is 0. The van der Waals surface area contributed by atoms with Crippen molar-refractivity contribution in [3.05, 3.63) is 35.6 Å². The maximum atomic E-state index is 13.0. The number of benzene rings is 1. The van der Waals surface area contributed by atoms with Gasteiger partial charge < -0.3 is 15.5 Å². The molecule has 1 aromatic carbocycles. The van der Waals surface area contributed by atoms with Crippen molar-refractivity contribution in [3.63, 3.8) is 0 Å². The van der Waals surface area contributed by atoms with Gasteiger partial charge in [0, 0.05) is 25.7 Å². The van der Waals surface area contributed by atoms with Gasteiger partial charge in [-0.3, -0.25) is 0 Å². The maximum absolute atomic E-state index is 13.0. The summed E-state index contributed by atoms with van der Waals surface area (Å²) < 4.78 is 13.0. The highest BCUT2D eigenvalue weighted by Gasteiger charge is 2.21. The van der Waals surface area contributed by atoms with Crippen LogP contribution in [0.15, 0.2) is 29.3 Å². The summed E-state index contributed by atoms with van der Waals surface area (Å²) >= 11 is 0. The van der Waals surface area contributed by atoms with Crippen LogP contribution >= 0.6 is 24.0 Å². The van der Waals surface area contributed by atoms with E-state index in [2.05, 4.69) is 41.3 Å². The Morgan fingerprint density at radius 3 is 2.64 bits per heavy atom. The second-order valence-electron chi connectivity index (χ2n) is 6.80. The Labute approximate surface area is 168 Å². The van der Waals surface area contributed by atoms with E-state index in [0.717, 1.165) is 31.2 Å². The average Bonchev–Trinajstić information content (AvgIpc) is 2.59. The molecule has 1 aliphatic heterocycles. The SMILES string of the molecule is CCNC(=NCc1ccc(F)cc1)NCC1CCCN(C(C)C)C1.I.